The molecule has 1 aliphatic heterocycles. The molecule has 1 N–H and O–H groups in total. The molecule has 0 radical (unpaired) electrons. The normalized spacial score (nSPS) is 15.5. The number of amides is 1. The van der Waals surface area contributed by atoms with E-state index in [2.05, 4.69) is 11.4 Å². The second-order valence-corrected chi connectivity index (χ2v) is 10.1. The van der Waals surface area contributed by atoms with E-state index in [4.69, 9.17) is 4.74 Å². The van der Waals surface area contributed by atoms with Crippen LogP contribution in [0, 0.1) is 0 Å². The Morgan fingerprint density at radius 3 is 2.70 bits per heavy atom. The molecule has 8 heteroatoms. The highest BCUT2D eigenvalue weighted by molar-refractivity contribution is 7.92. The average molecular weight is 469 g/mol. The molecule has 2 aromatic carbocycles. The summed E-state index contributed by atoms with van der Waals surface area (Å²) >= 11 is 0. The highest BCUT2D eigenvalue weighted by Gasteiger charge is 2.31. The van der Waals surface area contributed by atoms with Crippen LogP contribution in [0.25, 0.3) is 0 Å². The van der Waals surface area contributed by atoms with Crippen LogP contribution in [-0.2, 0) is 26.0 Å². The summed E-state index contributed by atoms with van der Waals surface area (Å²) in [5, 5.41) is 2.76. The largest absolute Gasteiger partial charge is 0.452 e. The number of carbonyl (C=O) groups excluding carboxylic acids is 2. The van der Waals surface area contributed by atoms with Crippen molar-refractivity contribution in [3.8, 4) is 0 Å². The molecule has 0 unspecified atom stereocenters. The summed E-state index contributed by atoms with van der Waals surface area (Å²) in [6.07, 6.45) is 8.27. The zero-order valence-corrected chi connectivity index (χ0v) is 19.3. The molecule has 0 saturated carbocycles. The van der Waals surface area contributed by atoms with E-state index in [-0.39, 0.29) is 16.4 Å². The van der Waals surface area contributed by atoms with E-state index in [1.165, 1.54) is 47.0 Å². The number of anilines is 1. The molecule has 0 fully saturated rings. The highest BCUT2D eigenvalue weighted by Crippen LogP contribution is 2.32. The summed E-state index contributed by atoms with van der Waals surface area (Å²) in [6, 6.07) is 13.1. The van der Waals surface area contributed by atoms with Crippen molar-refractivity contribution in [2.24, 2.45) is 0 Å². The lowest BCUT2D eigenvalue weighted by Gasteiger charge is -2.19. The Kier molecular flexibility index (Phi) is 7.13. The zero-order chi connectivity index (χ0) is 23.3. The summed E-state index contributed by atoms with van der Waals surface area (Å²) in [5.41, 5.74) is 3.08. The maximum Gasteiger partial charge on any atom is 0.338 e. The molecule has 0 bridgehead atoms. The highest BCUT2D eigenvalue weighted by atomic mass is 32.2. The third-order valence-electron chi connectivity index (χ3n) is 5.99. The molecule has 7 nitrogen and oxygen atoms in total. The Balaban J connectivity index is 1.34. The number of sulfonamides is 1. The SMILES string of the molecule is O=C(COC(=O)c1cccc(S(=O)(=O)N2CCc3ccccc32)c1)NCCC1=CCCCC1. The van der Waals surface area contributed by atoms with E-state index in [9.17, 15) is 18.0 Å². The van der Waals surface area contributed by atoms with Crippen molar-refractivity contribution in [2.75, 3.05) is 24.0 Å². The van der Waals surface area contributed by atoms with Crippen molar-refractivity contribution in [3.63, 3.8) is 0 Å². The van der Waals surface area contributed by atoms with E-state index in [1.54, 1.807) is 12.1 Å². The average Bonchev–Trinajstić information content (AvgIpc) is 3.28. The molecule has 2 aromatic rings. The molecule has 1 aliphatic carbocycles. The van der Waals surface area contributed by atoms with Gasteiger partial charge in [0.25, 0.3) is 15.9 Å². The molecule has 1 heterocycles. The van der Waals surface area contributed by atoms with Gasteiger partial charge in [0.1, 0.15) is 0 Å². The van der Waals surface area contributed by atoms with Crippen LogP contribution in [-0.4, -0.2) is 40.0 Å². The number of esters is 1. The number of carbonyl (C=O) groups is 2. The van der Waals surface area contributed by atoms with Crippen LogP contribution in [0.2, 0.25) is 0 Å². The lowest BCUT2D eigenvalue weighted by Crippen LogP contribution is -2.30. The van der Waals surface area contributed by atoms with Crippen LogP contribution < -0.4 is 9.62 Å². The van der Waals surface area contributed by atoms with Gasteiger partial charge in [-0.25, -0.2) is 13.2 Å². The number of nitrogens with zero attached hydrogens (tertiary/aromatic N) is 1. The summed E-state index contributed by atoms with van der Waals surface area (Å²) in [6.45, 7) is 0.453. The minimum Gasteiger partial charge on any atom is -0.452 e. The minimum atomic E-state index is -3.82. The third-order valence-corrected chi connectivity index (χ3v) is 7.80. The van der Waals surface area contributed by atoms with Crippen LogP contribution in [0.15, 0.2) is 65.1 Å². The lowest BCUT2D eigenvalue weighted by atomic mass is 9.97. The number of allylic oxidation sites excluding steroid dienone is 1. The number of hydrogen-bond acceptors (Lipinski definition) is 5. The molecular weight excluding hydrogens is 440 g/mol. The van der Waals surface area contributed by atoms with E-state index in [0.717, 1.165) is 24.8 Å². The fourth-order valence-corrected chi connectivity index (χ4v) is 5.78. The van der Waals surface area contributed by atoms with Crippen molar-refractivity contribution in [2.45, 2.75) is 43.4 Å². The number of para-hydroxylation sites is 1. The fraction of sp³-hybridized carbons (Fsp3) is 0.360. The van der Waals surface area contributed by atoms with Crippen molar-refractivity contribution in [3.05, 3.63) is 71.3 Å². The molecular formula is C25H28N2O5S. The van der Waals surface area contributed by atoms with E-state index >= 15 is 0 Å². The molecule has 4 rings (SSSR count). The van der Waals surface area contributed by atoms with Crippen molar-refractivity contribution >= 4 is 27.6 Å². The van der Waals surface area contributed by atoms with Gasteiger partial charge in [-0.15, -0.1) is 0 Å². The molecule has 0 aromatic heterocycles. The first-order valence-electron chi connectivity index (χ1n) is 11.3. The number of benzene rings is 2. The van der Waals surface area contributed by atoms with Gasteiger partial charge in [0.2, 0.25) is 0 Å². The maximum atomic E-state index is 13.2. The zero-order valence-electron chi connectivity index (χ0n) is 18.5. The maximum absolute atomic E-state index is 13.2. The van der Waals surface area contributed by atoms with Gasteiger partial charge in [0, 0.05) is 13.1 Å². The van der Waals surface area contributed by atoms with Gasteiger partial charge >= 0.3 is 5.97 Å². The second-order valence-electron chi connectivity index (χ2n) is 8.27. The Morgan fingerprint density at radius 2 is 1.88 bits per heavy atom. The molecule has 1 amide bonds. The first-order valence-corrected chi connectivity index (χ1v) is 12.7. The fourth-order valence-electron chi connectivity index (χ4n) is 4.23. The van der Waals surface area contributed by atoms with Crippen molar-refractivity contribution in [1.82, 2.24) is 5.32 Å². The first kappa shape index (κ1) is 23.0. The Morgan fingerprint density at radius 1 is 1.03 bits per heavy atom. The molecule has 174 valence electrons. The first-order chi connectivity index (χ1) is 15.9. The number of fused-ring (bicyclic) bond motifs is 1. The number of rotatable bonds is 8. The minimum absolute atomic E-state index is 0.0128. The smallest absolute Gasteiger partial charge is 0.338 e. The standard InChI is InChI=1S/C25H28N2O5S/c28-24(26-15-13-19-7-2-1-3-8-19)18-32-25(29)21-10-6-11-22(17-21)33(30,31)27-16-14-20-9-4-5-12-23(20)27/h4-7,9-12,17H,1-3,8,13-16,18H2,(H,26,28). The van der Waals surface area contributed by atoms with Gasteiger partial charge in [-0.05, 0) is 68.4 Å². The van der Waals surface area contributed by atoms with Crippen LogP contribution in [0.5, 0.6) is 0 Å². The molecule has 0 spiro atoms. The molecule has 2 aliphatic rings. The molecule has 0 atom stereocenters. The van der Waals surface area contributed by atoms with Crippen molar-refractivity contribution < 1.29 is 22.7 Å². The topological polar surface area (TPSA) is 92.8 Å². The Hall–Kier alpha value is -3.13. The van der Waals surface area contributed by atoms with Gasteiger partial charge < -0.3 is 10.1 Å². The molecule has 0 saturated heterocycles. The summed E-state index contributed by atoms with van der Waals surface area (Å²) < 4.78 is 32.9. The molecule has 33 heavy (non-hydrogen) atoms. The Labute approximate surface area is 194 Å². The van der Waals surface area contributed by atoms with Gasteiger partial charge in [0.15, 0.2) is 6.61 Å². The van der Waals surface area contributed by atoms with Crippen LogP contribution >= 0.6 is 0 Å². The predicted molar refractivity (Wildman–Crippen MR) is 126 cm³/mol. The number of ether oxygens (including phenoxy) is 1. The van der Waals surface area contributed by atoms with Crippen LogP contribution in [0.4, 0.5) is 5.69 Å². The summed E-state index contributed by atoms with van der Waals surface area (Å²) in [5.74, 6) is -1.11. The lowest BCUT2D eigenvalue weighted by molar-refractivity contribution is -0.124. The van der Waals surface area contributed by atoms with Gasteiger partial charge in [-0.3, -0.25) is 9.10 Å². The van der Waals surface area contributed by atoms with Gasteiger partial charge in [-0.1, -0.05) is 35.9 Å². The monoisotopic (exact) mass is 468 g/mol. The second kappa shape index (κ2) is 10.2. The number of nitrogens with one attached hydrogen (secondary N) is 1. The summed E-state index contributed by atoms with van der Waals surface area (Å²) in [7, 11) is -3.82. The Bertz CT molecular complexity index is 1170. The third kappa shape index (κ3) is 5.45. The quantitative estimate of drug-likeness (QED) is 0.472. The van der Waals surface area contributed by atoms with E-state index in [0.29, 0.717) is 25.2 Å². The van der Waals surface area contributed by atoms with Crippen LogP contribution in [0.1, 0.15) is 48.0 Å². The van der Waals surface area contributed by atoms with Crippen LogP contribution in [0.3, 0.4) is 0 Å². The van der Waals surface area contributed by atoms with Gasteiger partial charge in [0.05, 0.1) is 16.1 Å². The predicted octanol–water partition coefficient (Wildman–Crippen LogP) is 3.60. The van der Waals surface area contributed by atoms with E-state index < -0.39 is 22.6 Å². The van der Waals surface area contributed by atoms with Crippen molar-refractivity contribution in [1.29, 1.82) is 0 Å². The summed E-state index contributed by atoms with van der Waals surface area (Å²) in [4.78, 5) is 24.5. The number of hydrogen-bond donors (Lipinski definition) is 1. The van der Waals surface area contributed by atoms with Gasteiger partial charge in [-0.2, -0.15) is 0 Å². The van der Waals surface area contributed by atoms with E-state index in [1.807, 2.05) is 12.1 Å².